The number of ketones is 1. The highest BCUT2D eigenvalue weighted by Crippen LogP contribution is 2.31. The van der Waals surface area contributed by atoms with Gasteiger partial charge in [0.2, 0.25) is 0 Å². The third-order valence-electron chi connectivity index (χ3n) is 4.53. The van der Waals surface area contributed by atoms with Gasteiger partial charge in [0, 0.05) is 23.7 Å². The number of rotatable bonds is 8. The molecular formula is C21H22FNO4. The standard InChI is InChI=1S/C21H22FNO4/c1-14(24)15-7-10-19(20(11-15)26-2)27-13-21(25)23(17-8-9-17)12-16-5-3-4-6-18(16)22/h3-7,10-11,17H,8-9,12-13H2,1-2H3. The molecule has 1 saturated carbocycles. The zero-order valence-corrected chi connectivity index (χ0v) is 15.4. The first-order chi connectivity index (χ1) is 13.0. The van der Waals surface area contributed by atoms with Crippen molar-refractivity contribution in [2.24, 2.45) is 0 Å². The second-order valence-corrected chi connectivity index (χ2v) is 6.55. The van der Waals surface area contributed by atoms with E-state index >= 15 is 0 Å². The summed E-state index contributed by atoms with van der Waals surface area (Å²) in [6.45, 7) is 1.51. The third kappa shape index (κ3) is 4.64. The molecule has 0 saturated heterocycles. The summed E-state index contributed by atoms with van der Waals surface area (Å²) in [5, 5.41) is 0. The number of amides is 1. The third-order valence-corrected chi connectivity index (χ3v) is 4.53. The molecule has 27 heavy (non-hydrogen) atoms. The quantitative estimate of drug-likeness (QED) is 0.665. The summed E-state index contributed by atoms with van der Waals surface area (Å²) in [5.74, 6) is 0.164. The summed E-state index contributed by atoms with van der Waals surface area (Å²) in [4.78, 5) is 25.8. The van der Waals surface area contributed by atoms with Gasteiger partial charge in [0.15, 0.2) is 23.9 Å². The molecule has 0 heterocycles. The van der Waals surface area contributed by atoms with Gasteiger partial charge in [-0.3, -0.25) is 9.59 Å². The molecule has 5 nitrogen and oxygen atoms in total. The van der Waals surface area contributed by atoms with E-state index in [-0.39, 0.29) is 36.7 Å². The normalized spacial score (nSPS) is 13.1. The Hall–Kier alpha value is -2.89. The van der Waals surface area contributed by atoms with E-state index in [9.17, 15) is 14.0 Å². The number of halogens is 1. The smallest absolute Gasteiger partial charge is 0.261 e. The second-order valence-electron chi connectivity index (χ2n) is 6.55. The van der Waals surface area contributed by atoms with E-state index < -0.39 is 0 Å². The Labute approximate surface area is 157 Å². The van der Waals surface area contributed by atoms with Crippen molar-refractivity contribution in [1.82, 2.24) is 4.90 Å². The molecule has 142 valence electrons. The molecule has 0 radical (unpaired) electrons. The monoisotopic (exact) mass is 371 g/mol. The van der Waals surface area contributed by atoms with E-state index in [1.165, 1.54) is 20.1 Å². The minimum Gasteiger partial charge on any atom is -0.493 e. The summed E-state index contributed by atoms with van der Waals surface area (Å²) in [6, 6.07) is 11.4. The van der Waals surface area contributed by atoms with E-state index in [1.54, 1.807) is 41.3 Å². The Balaban J connectivity index is 1.68. The lowest BCUT2D eigenvalue weighted by molar-refractivity contribution is -0.134. The summed E-state index contributed by atoms with van der Waals surface area (Å²) in [7, 11) is 1.47. The molecule has 2 aromatic carbocycles. The molecule has 1 amide bonds. The number of nitrogens with zero attached hydrogens (tertiary/aromatic N) is 1. The molecule has 6 heteroatoms. The first kappa shape index (κ1) is 18.9. The number of carbonyl (C=O) groups excluding carboxylic acids is 2. The molecule has 0 spiro atoms. The van der Waals surface area contributed by atoms with Crippen LogP contribution >= 0.6 is 0 Å². The zero-order chi connectivity index (χ0) is 19.4. The van der Waals surface area contributed by atoms with Crippen LogP contribution in [-0.4, -0.2) is 36.3 Å². The molecule has 0 bridgehead atoms. The average Bonchev–Trinajstić information content (AvgIpc) is 3.50. The van der Waals surface area contributed by atoms with Crippen LogP contribution in [0.1, 0.15) is 35.7 Å². The van der Waals surface area contributed by atoms with Crippen LogP contribution in [0, 0.1) is 5.82 Å². The topological polar surface area (TPSA) is 55.8 Å². The lowest BCUT2D eigenvalue weighted by Crippen LogP contribution is -2.36. The summed E-state index contributed by atoms with van der Waals surface area (Å²) < 4.78 is 24.8. The molecule has 0 N–H and O–H groups in total. The minimum atomic E-state index is -0.321. The predicted octanol–water partition coefficient (Wildman–Crippen LogP) is 3.61. The molecule has 3 rings (SSSR count). The van der Waals surface area contributed by atoms with Gasteiger partial charge in [-0.1, -0.05) is 18.2 Å². The van der Waals surface area contributed by atoms with Gasteiger partial charge in [-0.2, -0.15) is 0 Å². The Bertz CT molecular complexity index is 848. The van der Waals surface area contributed by atoms with Crippen molar-refractivity contribution in [3.63, 3.8) is 0 Å². The Morgan fingerprint density at radius 3 is 2.52 bits per heavy atom. The lowest BCUT2D eigenvalue weighted by atomic mass is 10.1. The van der Waals surface area contributed by atoms with Crippen molar-refractivity contribution in [3.05, 3.63) is 59.4 Å². The Kier molecular flexibility index (Phi) is 5.74. The molecule has 0 aliphatic heterocycles. The average molecular weight is 371 g/mol. The van der Waals surface area contributed by atoms with Crippen molar-refractivity contribution >= 4 is 11.7 Å². The van der Waals surface area contributed by atoms with Crippen LogP contribution in [0.25, 0.3) is 0 Å². The molecule has 0 aromatic heterocycles. The number of methoxy groups -OCH3 is 1. The molecule has 1 aliphatic rings. The predicted molar refractivity (Wildman–Crippen MR) is 98.5 cm³/mol. The van der Waals surface area contributed by atoms with Gasteiger partial charge < -0.3 is 14.4 Å². The van der Waals surface area contributed by atoms with Crippen molar-refractivity contribution in [2.45, 2.75) is 32.4 Å². The zero-order valence-electron chi connectivity index (χ0n) is 15.4. The van der Waals surface area contributed by atoms with Gasteiger partial charge in [-0.25, -0.2) is 4.39 Å². The summed E-state index contributed by atoms with van der Waals surface area (Å²) in [5.41, 5.74) is 0.992. The van der Waals surface area contributed by atoms with Crippen molar-refractivity contribution in [2.75, 3.05) is 13.7 Å². The number of ether oxygens (including phenoxy) is 2. The largest absolute Gasteiger partial charge is 0.493 e. The van der Waals surface area contributed by atoms with Crippen molar-refractivity contribution < 1.29 is 23.5 Å². The number of benzene rings is 2. The highest BCUT2D eigenvalue weighted by atomic mass is 19.1. The molecule has 0 atom stereocenters. The van der Waals surface area contributed by atoms with Gasteiger partial charge in [0.05, 0.1) is 7.11 Å². The Morgan fingerprint density at radius 2 is 1.89 bits per heavy atom. The van der Waals surface area contributed by atoms with Crippen LogP contribution in [-0.2, 0) is 11.3 Å². The van der Waals surface area contributed by atoms with Crippen LogP contribution in [0.15, 0.2) is 42.5 Å². The lowest BCUT2D eigenvalue weighted by Gasteiger charge is -2.23. The molecule has 2 aromatic rings. The minimum absolute atomic E-state index is 0.0827. The van der Waals surface area contributed by atoms with E-state index in [1.807, 2.05) is 0 Å². The number of Topliss-reactive ketones (excluding diaryl/α,β-unsaturated/α-hetero) is 1. The van der Waals surface area contributed by atoms with Gasteiger partial charge in [0.25, 0.3) is 5.91 Å². The van der Waals surface area contributed by atoms with Gasteiger partial charge in [-0.05, 0) is 44.0 Å². The van der Waals surface area contributed by atoms with Crippen LogP contribution in [0.2, 0.25) is 0 Å². The fourth-order valence-electron chi connectivity index (χ4n) is 2.85. The fraction of sp³-hybridized carbons (Fsp3) is 0.333. The van der Waals surface area contributed by atoms with Crippen LogP contribution in [0.5, 0.6) is 11.5 Å². The van der Waals surface area contributed by atoms with Gasteiger partial charge in [0.1, 0.15) is 5.82 Å². The maximum absolute atomic E-state index is 13.9. The maximum atomic E-state index is 13.9. The maximum Gasteiger partial charge on any atom is 0.261 e. The van der Waals surface area contributed by atoms with Crippen molar-refractivity contribution in [3.8, 4) is 11.5 Å². The summed E-state index contributed by atoms with van der Waals surface area (Å²) in [6.07, 6.45) is 1.83. The first-order valence-corrected chi connectivity index (χ1v) is 8.84. The summed E-state index contributed by atoms with van der Waals surface area (Å²) >= 11 is 0. The van der Waals surface area contributed by atoms with Crippen LogP contribution in [0.4, 0.5) is 4.39 Å². The number of hydrogen-bond acceptors (Lipinski definition) is 4. The van der Waals surface area contributed by atoms with Crippen LogP contribution < -0.4 is 9.47 Å². The Morgan fingerprint density at radius 1 is 1.15 bits per heavy atom. The highest BCUT2D eigenvalue weighted by Gasteiger charge is 2.33. The van der Waals surface area contributed by atoms with E-state index in [0.29, 0.717) is 22.6 Å². The molecular weight excluding hydrogens is 349 g/mol. The number of carbonyl (C=O) groups is 2. The molecule has 1 aliphatic carbocycles. The van der Waals surface area contributed by atoms with Crippen LogP contribution in [0.3, 0.4) is 0 Å². The van der Waals surface area contributed by atoms with E-state index in [4.69, 9.17) is 9.47 Å². The first-order valence-electron chi connectivity index (χ1n) is 8.84. The van der Waals surface area contributed by atoms with E-state index in [0.717, 1.165) is 12.8 Å². The van der Waals surface area contributed by atoms with E-state index in [2.05, 4.69) is 0 Å². The SMILES string of the molecule is COc1cc(C(C)=O)ccc1OCC(=O)N(Cc1ccccc1F)C1CC1. The molecule has 1 fully saturated rings. The van der Waals surface area contributed by atoms with Crippen molar-refractivity contribution in [1.29, 1.82) is 0 Å². The number of hydrogen-bond donors (Lipinski definition) is 0. The second kappa shape index (κ2) is 8.20. The molecule has 0 unspecified atom stereocenters. The fourth-order valence-corrected chi connectivity index (χ4v) is 2.85. The van der Waals surface area contributed by atoms with Gasteiger partial charge >= 0.3 is 0 Å². The highest BCUT2D eigenvalue weighted by molar-refractivity contribution is 5.94. The van der Waals surface area contributed by atoms with Gasteiger partial charge in [-0.15, -0.1) is 0 Å².